The molecule has 2 fully saturated rings. The van der Waals surface area contributed by atoms with Crippen molar-refractivity contribution in [1.29, 1.82) is 0 Å². The van der Waals surface area contributed by atoms with Gasteiger partial charge in [-0.3, -0.25) is 9.88 Å². The zero-order chi connectivity index (χ0) is 24.0. The maximum absolute atomic E-state index is 12.6. The van der Waals surface area contributed by atoms with Crippen LogP contribution in [-0.2, 0) is 6.54 Å². The third-order valence-electron chi connectivity index (χ3n) is 7.01. The Labute approximate surface area is 206 Å². The maximum Gasteiger partial charge on any atom is 0.347 e. The van der Waals surface area contributed by atoms with E-state index in [0.717, 1.165) is 61.8 Å². The number of hydrogen-bond donors (Lipinski definition) is 2. The van der Waals surface area contributed by atoms with Crippen molar-refractivity contribution in [2.24, 2.45) is 16.6 Å². The molecule has 1 aromatic heterocycles. The van der Waals surface area contributed by atoms with E-state index in [1.807, 2.05) is 24.3 Å². The first-order valence-corrected chi connectivity index (χ1v) is 12.6. The van der Waals surface area contributed by atoms with E-state index in [4.69, 9.17) is 10.5 Å². The molecule has 0 radical (unpaired) electrons. The number of amides is 2. The number of pyridine rings is 1. The lowest BCUT2D eigenvalue weighted by Gasteiger charge is -2.32. The smallest absolute Gasteiger partial charge is 0.347 e. The summed E-state index contributed by atoms with van der Waals surface area (Å²) in [5.41, 5.74) is 8.26. The molecule has 0 spiro atoms. The van der Waals surface area contributed by atoms with Crippen molar-refractivity contribution in [3.8, 4) is 5.75 Å². The molecule has 1 aliphatic carbocycles. The van der Waals surface area contributed by atoms with Gasteiger partial charge in [0.15, 0.2) is 0 Å². The van der Waals surface area contributed by atoms with Gasteiger partial charge in [0.1, 0.15) is 11.6 Å². The summed E-state index contributed by atoms with van der Waals surface area (Å²) in [4.78, 5) is 23.3. The number of likely N-dealkylation sites (tertiary alicyclic amines) is 1. The van der Waals surface area contributed by atoms with Gasteiger partial charge in [0.25, 0.3) is 0 Å². The summed E-state index contributed by atoms with van der Waals surface area (Å²) in [6, 6.07) is 15.6. The summed E-state index contributed by atoms with van der Waals surface area (Å²) >= 11 is 0. The lowest BCUT2D eigenvalue weighted by molar-refractivity contribution is 0.195. The number of hydrogen-bond acceptors (Lipinski definition) is 4. The number of aromatic nitrogens is 1. The highest BCUT2D eigenvalue weighted by atomic mass is 16.5. The Balaban J connectivity index is 1.17. The van der Waals surface area contributed by atoms with Crippen LogP contribution in [0.25, 0.3) is 10.8 Å². The molecule has 1 saturated heterocycles. The predicted molar refractivity (Wildman–Crippen MR) is 140 cm³/mol. The number of piperidine rings is 1. The molecule has 5 rings (SSSR count). The van der Waals surface area contributed by atoms with E-state index >= 15 is 0 Å². The Hall–Kier alpha value is -3.45. The second-order valence-electron chi connectivity index (χ2n) is 9.61. The summed E-state index contributed by atoms with van der Waals surface area (Å²) in [6.45, 7) is 2.66. The molecule has 2 heterocycles. The maximum atomic E-state index is 12.6. The van der Waals surface area contributed by atoms with Crippen molar-refractivity contribution in [3.05, 3.63) is 66.5 Å². The van der Waals surface area contributed by atoms with Crippen molar-refractivity contribution in [2.75, 3.05) is 18.4 Å². The zero-order valence-corrected chi connectivity index (χ0v) is 20.0. The van der Waals surface area contributed by atoms with Gasteiger partial charge in [-0.2, -0.15) is 4.99 Å². The molecule has 3 N–H and O–H groups in total. The number of urea groups is 1. The first-order chi connectivity index (χ1) is 17.1. The minimum Gasteiger partial charge on any atom is -0.490 e. The molecule has 1 atom stereocenters. The van der Waals surface area contributed by atoms with Crippen LogP contribution >= 0.6 is 0 Å². The van der Waals surface area contributed by atoms with Crippen LogP contribution in [0.15, 0.2) is 65.9 Å². The van der Waals surface area contributed by atoms with Crippen molar-refractivity contribution < 1.29 is 9.53 Å². The molecule has 1 aliphatic heterocycles. The van der Waals surface area contributed by atoms with E-state index in [9.17, 15) is 4.79 Å². The van der Waals surface area contributed by atoms with Gasteiger partial charge in [-0.15, -0.1) is 0 Å². The quantitative estimate of drug-likeness (QED) is 0.373. The number of benzene rings is 2. The SMILES string of the molecule is N/C(=N\C(=O)Nc1cccc2cnccc12)C1CCCN(Cc2ccc(OC3CCCC3)cc2)C1. The van der Waals surface area contributed by atoms with Gasteiger partial charge in [0.05, 0.1) is 11.8 Å². The molecule has 7 heteroatoms. The Kier molecular flexibility index (Phi) is 7.23. The molecule has 35 heavy (non-hydrogen) atoms. The van der Waals surface area contributed by atoms with Gasteiger partial charge < -0.3 is 15.8 Å². The van der Waals surface area contributed by atoms with Crippen LogP contribution in [0, 0.1) is 5.92 Å². The van der Waals surface area contributed by atoms with Crippen LogP contribution in [0.2, 0.25) is 0 Å². The number of nitrogens with two attached hydrogens (primary N) is 1. The van der Waals surface area contributed by atoms with E-state index in [1.54, 1.807) is 12.4 Å². The van der Waals surface area contributed by atoms with Gasteiger partial charge >= 0.3 is 6.03 Å². The number of carbonyl (C=O) groups excluding carboxylic acids is 1. The summed E-state index contributed by atoms with van der Waals surface area (Å²) in [5.74, 6) is 1.42. The van der Waals surface area contributed by atoms with Gasteiger partial charge in [-0.05, 0) is 74.9 Å². The predicted octanol–water partition coefficient (Wildman–Crippen LogP) is 5.36. The Bertz CT molecular complexity index is 1180. The van der Waals surface area contributed by atoms with Crippen molar-refractivity contribution >= 4 is 28.3 Å². The summed E-state index contributed by atoms with van der Waals surface area (Å²) < 4.78 is 6.09. The number of ether oxygens (including phenoxy) is 1. The van der Waals surface area contributed by atoms with Crippen molar-refractivity contribution in [1.82, 2.24) is 9.88 Å². The van der Waals surface area contributed by atoms with E-state index in [2.05, 4.69) is 44.5 Å². The van der Waals surface area contributed by atoms with Crippen LogP contribution in [0.3, 0.4) is 0 Å². The van der Waals surface area contributed by atoms with Crippen molar-refractivity contribution in [3.63, 3.8) is 0 Å². The van der Waals surface area contributed by atoms with Crippen LogP contribution in [0.5, 0.6) is 5.75 Å². The molecule has 2 aromatic carbocycles. The van der Waals surface area contributed by atoms with E-state index in [0.29, 0.717) is 17.6 Å². The highest BCUT2D eigenvalue weighted by molar-refractivity contribution is 6.05. The van der Waals surface area contributed by atoms with E-state index < -0.39 is 6.03 Å². The fourth-order valence-corrected chi connectivity index (χ4v) is 5.15. The third kappa shape index (κ3) is 5.98. The molecule has 1 saturated carbocycles. The largest absolute Gasteiger partial charge is 0.490 e. The number of rotatable bonds is 6. The number of aliphatic imine (C=N–C) groups is 1. The Morgan fingerprint density at radius 2 is 1.91 bits per heavy atom. The number of fused-ring (bicyclic) bond motifs is 1. The Morgan fingerprint density at radius 1 is 1.09 bits per heavy atom. The normalized spacial score (nSPS) is 19.7. The minimum atomic E-state index is -0.443. The molecule has 2 amide bonds. The zero-order valence-electron chi connectivity index (χ0n) is 20.0. The molecular weight excluding hydrogens is 438 g/mol. The van der Waals surface area contributed by atoms with Crippen LogP contribution in [0.4, 0.5) is 10.5 Å². The standard InChI is InChI=1S/C28H33N5O2/c29-27(32-28(34)31-26-9-3-5-21-17-30-15-14-25(21)26)22-6-4-16-33(19-22)18-20-10-12-24(13-11-20)35-23-7-1-2-8-23/h3,5,9-15,17,22-23H,1-2,4,6-8,16,18-19H2,(H3,29,31,32,34). The summed E-state index contributed by atoms with van der Waals surface area (Å²) in [6.07, 6.45) is 10.7. The third-order valence-corrected chi connectivity index (χ3v) is 7.01. The number of anilines is 1. The highest BCUT2D eigenvalue weighted by Gasteiger charge is 2.24. The first kappa shape index (κ1) is 23.3. The topological polar surface area (TPSA) is 92.8 Å². The molecule has 3 aromatic rings. The molecule has 2 aliphatic rings. The molecular formula is C28H33N5O2. The van der Waals surface area contributed by atoms with Crippen molar-refractivity contribution in [2.45, 2.75) is 51.2 Å². The molecule has 1 unspecified atom stereocenters. The molecule has 0 bridgehead atoms. The second-order valence-corrected chi connectivity index (χ2v) is 9.61. The molecule has 182 valence electrons. The van der Waals surface area contributed by atoms with E-state index in [1.165, 1.54) is 18.4 Å². The number of nitrogens with zero attached hydrogens (tertiary/aromatic N) is 3. The minimum absolute atomic E-state index is 0.0659. The Morgan fingerprint density at radius 3 is 2.74 bits per heavy atom. The number of nitrogens with one attached hydrogen (secondary N) is 1. The van der Waals surface area contributed by atoms with Gasteiger partial charge in [-0.1, -0.05) is 24.3 Å². The van der Waals surface area contributed by atoms with Crippen LogP contribution in [0.1, 0.15) is 44.1 Å². The second kappa shape index (κ2) is 10.9. The fourth-order valence-electron chi connectivity index (χ4n) is 5.15. The lowest BCUT2D eigenvalue weighted by Crippen LogP contribution is -2.41. The monoisotopic (exact) mass is 471 g/mol. The number of carbonyl (C=O) groups is 1. The fraction of sp³-hybridized carbons (Fsp3) is 0.393. The average Bonchev–Trinajstić information content (AvgIpc) is 3.39. The first-order valence-electron chi connectivity index (χ1n) is 12.6. The van der Waals surface area contributed by atoms with E-state index in [-0.39, 0.29) is 5.92 Å². The molecule has 7 nitrogen and oxygen atoms in total. The highest BCUT2D eigenvalue weighted by Crippen LogP contribution is 2.26. The van der Waals surface area contributed by atoms with Crippen LogP contribution in [-0.4, -0.2) is 40.9 Å². The number of amidine groups is 1. The van der Waals surface area contributed by atoms with Gasteiger partial charge in [-0.25, -0.2) is 4.79 Å². The van der Waals surface area contributed by atoms with Gasteiger partial charge in [0, 0.05) is 42.2 Å². The average molecular weight is 472 g/mol. The summed E-state index contributed by atoms with van der Waals surface area (Å²) in [5, 5.41) is 4.76. The summed E-state index contributed by atoms with van der Waals surface area (Å²) in [7, 11) is 0. The lowest BCUT2D eigenvalue weighted by atomic mass is 9.96. The van der Waals surface area contributed by atoms with Gasteiger partial charge in [0.2, 0.25) is 0 Å². The van der Waals surface area contributed by atoms with Crippen LogP contribution < -0.4 is 15.8 Å².